The van der Waals surface area contributed by atoms with E-state index in [0.29, 0.717) is 23.8 Å². The average Bonchev–Trinajstić information content (AvgIpc) is 3.22. The highest BCUT2D eigenvalue weighted by Gasteiger charge is 2.49. The fourth-order valence-electron chi connectivity index (χ4n) is 4.38. The zero-order chi connectivity index (χ0) is 23.0. The van der Waals surface area contributed by atoms with Crippen LogP contribution in [-0.2, 0) is 17.9 Å². The lowest BCUT2D eigenvalue weighted by atomic mass is 9.94. The molecule has 4 aromatic rings. The summed E-state index contributed by atoms with van der Waals surface area (Å²) in [5.41, 5.74) is 1.98. The summed E-state index contributed by atoms with van der Waals surface area (Å²) in [5.74, 6) is 0.435. The van der Waals surface area contributed by atoms with Gasteiger partial charge in [0.05, 0.1) is 24.7 Å². The number of benzene rings is 3. The minimum Gasteiger partial charge on any atom is -0.497 e. The molecule has 0 bridgehead atoms. The summed E-state index contributed by atoms with van der Waals surface area (Å²) in [5, 5.41) is 3.03. The number of nitrogens with one attached hydrogen (secondary N) is 1. The lowest BCUT2D eigenvalue weighted by molar-refractivity contribution is -0.126. The molecule has 7 heteroatoms. The largest absolute Gasteiger partial charge is 0.497 e. The predicted molar refractivity (Wildman–Crippen MR) is 126 cm³/mol. The molecule has 0 fully saturated rings. The minimum absolute atomic E-state index is 0.237. The van der Waals surface area contributed by atoms with Crippen LogP contribution in [-0.4, -0.2) is 34.0 Å². The molecule has 0 saturated carbocycles. The van der Waals surface area contributed by atoms with Crippen LogP contribution in [0.1, 0.15) is 23.1 Å². The van der Waals surface area contributed by atoms with Crippen LogP contribution < -0.4 is 15.0 Å². The topological polar surface area (TPSA) is 76.5 Å². The Morgan fingerprint density at radius 1 is 1.03 bits per heavy atom. The molecule has 0 radical (unpaired) electrons. The first-order chi connectivity index (χ1) is 16.0. The van der Waals surface area contributed by atoms with Gasteiger partial charge < -0.3 is 14.6 Å². The molecule has 1 atom stereocenters. The second-order valence-electron chi connectivity index (χ2n) is 8.29. The van der Waals surface area contributed by atoms with E-state index in [4.69, 9.17) is 4.74 Å². The van der Waals surface area contributed by atoms with Crippen molar-refractivity contribution in [1.82, 2.24) is 14.9 Å². The number of para-hydroxylation sites is 2. The number of rotatable bonds is 5. The molecular formula is C26H24N4O3. The zero-order valence-electron chi connectivity index (χ0n) is 18.5. The molecule has 7 nitrogen and oxygen atoms in total. The van der Waals surface area contributed by atoms with Crippen molar-refractivity contribution < 1.29 is 14.3 Å². The molecule has 1 aliphatic rings. The number of carbonyl (C=O) groups excluding carboxylic acids is 2. The molecule has 1 aromatic heterocycles. The number of hydrogen-bond donors (Lipinski definition) is 1. The maximum Gasteiger partial charge on any atom is 0.295 e. The normalized spacial score (nSPS) is 17.6. The first-order valence-corrected chi connectivity index (χ1v) is 10.8. The van der Waals surface area contributed by atoms with Crippen LogP contribution >= 0.6 is 0 Å². The summed E-state index contributed by atoms with van der Waals surface area (Å²) in [4.78, 5) is 33.5. The molecule has 0 aliphatic carbocycles. The van der Waals surface area contributed by atoms with Gasteiger partial charge in [0.1, 0.15) is 11.3 Å². The molecule has 0 spiro atoms. The van der Waals surface area contributed by atoms with Gasteiger partial charge in [-0.05, 0) is 48.9 Å². The molecule has 1 aliphatic heterocycles. The third-order valence-corrected chi connectivity index (χ3v) is 6.12. The molecule has 1 N–H and O–H groups in total. The fraction of sp³-hybridized carbons (Fsp3) is 0.192. The van der Waals surface area contributed by atoms with Gasteiger partial charge in [0.2, 0.25) is 11.7 Å². The Balaban J connectivity index is 1.58. The van der Waals surface area contributed by atoms with Crippen LogP contribution in [0.3, 0.4) is 0 Å². The second kappa shape index (κ2) is 8.09. The van der Waals surface area contributed by atoms with Gasteiger partial charge in [0.25, 0.3) is 5.91 Å². The molecule has 5 rings (SSSR count). The summed E-state index contributed by atoms with van der Waals surface area (Å²) in [6, 6.07) is 24.4. The van der Waals surface area contributed by atoms with Crippen LogP contribution in [0.25, 0.3) is 11.0 Å². The number of imidazole rings is 1. The van der Waals surface area contributed by atoms with Crippen LogP contribution in [0.5, 0.6) is 5.75 Å². The summed E-state index contributed by atoms with van der Waals surface area (Å²) >= 11 is 0. The number of anilines is 1. The number of ether oxygens (including phenoxy) is 1. The highest BCUT2D eigenvalue weighted by molar-refractivity contribution is 6.12. The Kier molecular flexibility index (Phi) is 5.09. The van der Waals surface area contributed by atoms with Crippen LogP contribution in [0, 0.1) is 0 Å². The fourth-order valence-corrected chi connectivity index (χ4v) is 4.38. The number of carbonyl (C=O) groups is 2. The summed E-state index contributed by atoms with van der Waals surface area (Å²) in [6.07, 6.45) is 0. The Bertz CT molecular complexity index is 1330. The van der Waals surface area contributed by atoms with Crippen molar-refractivity contribution in [2.75, 3.05) is 12.0 Å². The quantitative estimate of drug-likeness (QED) is 0.512. The number of aromatic nitrogens is 2. The van der Waals surface area contributed by atoms with Gasteiger partial charge >= 0.3 is 0 Å². The van der Waals surface area contributed by atoms with Crippen molar-refractivity contribution in [3.8, 4) is 5.75 Å². The zero-order valence-corrected chi connectivity index (χ0v) is 18.5. The number of hydrogen-bond acceptors (Lipinski definition) is 4. The lowest BCUT2D eigenvalue weighted by Crippen LogP contribution is -2.64. The summed E-state index contributed by atoms with van der Waals surface area (Å²) in [7, 11) is 1.59. The molecule has 2 amide bonds. The Hall–Kier alpha value is -4.13. The minimum atomic E-state index is -1.17. The summed E-state index contributed by atoms with van der Waals surface area (Å²) < 4.78 is 7.11. The van der Waals surface area contributed by atoms with E-state index in [0.717, 1.165) is 16.6 Å². The SMILES string of the molecule is COc1ccc(N2C(=O)c3nc4ccccc4n3CC2(C)C(=O)NCc2ccccc2)cc1. The second-order valence-corrected chi connectivity index (χ2v) is 8.29. The van der Waals surface area contributed by atoms with E-state index in [-0.39, 0.29) is 18.4 Å². The van der Waals surface area contributed by atoms with Crippen LogP contribution in [0.15, 0.2) is 78.9 Å². The van der Waals surface area contributed by atoms with Gasteiger partial charge in [0, 0.05) is 12.2 Å². The Labute approximate surface area is 191 Å². The van der Waals surface area contributed by atoms with Crippen molar-refractivity contribution in [1.29, 1.82) is 0 Å². The monoisotopic (exact) mass is 440 g/mol. The van der Waals surface area contributed by atoms with Gasteiger partial charge in [-0.1, -0.05) is 42.5 Å². The van der Waals surface area contributed by atoms with Gasteiger partial charge in [-0.15, -0.1) is 0 Å². The van der Waals surface area contributed by atoms with Gasteiger partial charge in [0.15, 0.2) is 0 Å². The van der Waals surface area contributed by atoms with Crippen molar-refractivity contribution in [2.24, 2.45) is 0 Å². The maximum atomic E-state index is 13.8. The maximum absolute atomic E-state index is 13.8. The Morgan fingerprint density at radius 2 is 1.73 bits per heavy atom. The van der Waals surface area contributed by atoms with E-state index < -0.39 is 5.54 Å². The number of methoxy groups -OCH3 is 1. The van der Waals surface area contributed by atoms with Gasteiger partial charge in [-0.3, -0.25) is 14.5 Å². The van der Waals surface area contributed by atoms with Crippen molar-refractivity contribution in [3.05, 3.63) is 90.3 Å². The third-order valence-electron chi connectivity index (χ3n) is 6.12. The first kappa shape index (κ1) is 20.8. The molecule has 3 aromatic carbocycles. The van der Waals surface area contributed by atoms with Gasteiger partial charge in [-0.25, -0.2) is 4.98 Å². The molecule has 1 unspecified atom stereocenters. The molecule has 166 valence electrons. The van der Waals surface area contributed by atoms with E-state index in [1.54, 1.807) is 43.2 Å². The number of fused-ring (bicyclic) bond motifs is 3. The van der Waals surface area contributed by atoms with E-state index in [9.17, 15) is 9.59 Å². The van der Waals surface area contributed by atoms with Crippen LogP contribution in [0.4, 0.5) is 5.69 Å². The molecular weight excluding hydrogens is 416 g/mol. The first-order valence-electron chi connectivity index (χ1n) is 10.8. The highest BCUT2D eigenvalue weighted by atomic mass is 16.5. The average molecular weight is 441 g/mol. The predicted octanol–water partition coefficient (Wildman–Crippen LogP) is 3.78. The van der Waals surface area contributed by atoms with E-state index in [2.05, 4.69) is 10.3 Å². The van der Waals surface area contributed by atoms with Crippen molar-refractivity contribution in [2.45, 2.75) is 25.6 Å². The third kappa shape index (κ3) is 3.51. The molecule has 2 heterocycles. The smallest absolute Gasteiger partial charge is 0.295 e. The molecule has 33 heavy (non-hydrogen) atoms. The molecule has 0 saturated heterocycles. The van der Waals surface area contributed by atoms with Gasteiger partial charge in [-0.2, -0.15) is 0 Å². The van der Waals surface area contributed by atoms with E-state index >= 15 is 0 Å². The van der Waals surface area contributed by atoms with Crippen molar-refractivity contribution >= 4 is 28.5 Å². The van der Waals surface area contributed by atoms with Crippen molar-refractivity contribution in [3.63, 3.8) is 0 Å². The number of nitrogens with zero attached hydrogens (tertiary/aromatic N) is 3. The summed E-state index contributed by atoms with van der Waals surface area (Å²) in [6.45, 7) is 2.45. The highest BCUT2D eigenvalue weighted by Crippen LogP contribution is 2.35. The van der Waals surface area contributed by atoms with Crippen LogP contribution in [0.2, 0.25) is 0 Å². The Morgan fingerprint density at radius 3 is 2.45 bits per heavy atom. The van der Waals surface area contributed by atoms with E-state index in [1.165, 1.54) is 0 Å². The standard InChI is InChI=1S/C26H24N4O3/c1-26(25(32)27-16-18-8-4-3-5-9-18)17-29-22-11-7-6-10-21(22)28-23(29)24(31)30(26)19-12-14-20(33-2)15-13-19/h3-15H,16-17H2,1-2H3,(H,27,32). The van der Waals surface area contributed by atoms with E-state index in [1.807, 2.05) is 59.2 Å². The number of amides is 2. The lowest BCUT2D eigenvalue weighted by Gasteiger charge is -2.43.